The number of piperidine rings is 1. The van der Waals surface area contributed by atoms with Gasteiger partial charge in [0.15, 0.2) is 0 Å². The Labute approximate surface area is 153 Å². The summed E-state index contributed by atoms with van der Waals surface area (Å²) in [5, 5.41) is 7.76. The molecule has 2 heterocycles. The van der Waals surface area contributed by atoms with Crippen LogP contribution >= 0.6 is 11.6 Å². The Hall–Kier alpha value is -1.85. The van der Waals surface area contributed by atoms with Crippen LogP contribution in [0.15, 0.2) is 34.9 Å². The van der Waals surface area contributed by atoms with Gasteiger partial charge in [-0.1, -0.05) is 41.9 Å². The molecule has 1 N–H and O–H groups in total. The normalized spacial score (nSPS) is 18.2. The monoisotopic (exact) mass is 361 g/mol. The lowest BCUT2D eigenvalue weighted by Gasteiger charge is -2.31. The summed E-state index contributed by atoms with van der Waals surface area (Å²) in [7, 11) is 0. The minimum atomic E-state index is -0.190. The largest absolute Gasteiger partial charge is 0.351 e. The molecule has 1 aliphatic heterocycles. The van der Waals surface area contributed by atoms with E-state index in [9.17, 15) is 4.79 Å². The predicted octanol–water partition coefficient (Wildman–Crippen LogP) is 3.85. The van der Waals surface area contributed by atoms with E-state index in [1.54, 1.807) is 6.07 Å². The van der Waals surface area contributed by atoms with E-state index in [1.165, 1.54) is 0 Å². The lowest BCUT2D eigenvalue weighted by molar-refractivity contribution is 0.0916. The molecule has 1 fully saturated rings. The Bertz CT molecular complexity index is 716. The summed E-state index contributed by atoms with van der Waals surface area (Å²) in [5.41, 5.74) is 2.01. The van der Waals surface area contributed by atoms with Gasteiger partial charge >= 0.3 is 0 Å². The van der Waals surface area contributed by atoms with Crippen molar-refractivity contribution in [2.75, 3.05) is 19.6 Å². The Balaban J connectivity index is 1.62. The molecule has 25 heavy (non-hydrogen) atoms. The van der Waals surface area contributed by atoms with Crippen LogP contribution in [0.1, 0.15) is 53.9 Å². The molecule has 134 valence electrons. The lowest BCUT2D eigenvalue weighted by atomic mass is 9.94. The molecule has 1 saturated heterocycles. The minimum Gasteiger partial charge on any atom is -0.351 e. The average molecular weight is 362 g/mol. The first-order valence-corrected chi connectivity index (χ1v) is 9.25. The number of likely N-dealkylation sites (tertiary alicyclic amines) is 1. The second-order valence-electron chi connectivity index (χ2n) is 6.54. The first-order chi connectivity index (χ1) is 12.2. The Morgan fingerprint density at radius 3 is 3.08 bits per heavy atom. The van der Waals surface area contributed by atoms with Crippen molar-refractivity contribution in [3.63, 3.8) is 0 Å². The number of carbonyl (C=O) groups excluding carboxylic acids is 1. The van der Waals surface area contributed by atoms with Gasteiger partial charge in [-0.3, -0.25) is 9.69 Å². The van der Waals surface area contributed by atoms with Crippen LogP contribution in [0.5, 0.6) is 0 Å². The molecular formula is C19H24ClN3O2. The SMILES string of the molecule is CCCNC(=O)c1cc([C@@H]2CCCN(Cc3ccccc3Cl)C2)no1. The third kappa shape index (κ3) is 4.61. The van der Waals surface area contributed by atoms with E-state index in [0.29, 0.717) is 12.3 Å². The number of nitrogens with zero attached hydrogens (tertiary/aromatic N) is 2. The molecule has 1 atom stereocenters. The summed E-state index contributed by atoms with van der Waals surface area (Å²) in [5.74, 6) is 0.392. The molecule has 0 saturated carbocycles. The van der Waals surface area contributed by atoms with E-state index in [0.717, 1.165) is 55.2 Å². The van der Waals surface area contributed by atoms with E-state index in [4.69, 9.17) is 16.1 Å². The summed E-state index contributed by atoms with van der Waals surface area (Å²) in [6.07, 6.45) is 3.05. The average Bonchev–Trinajstić information content (AvgIpc) is 3.12. The molecule has 0 unspecified atom stereocenters. The van der Waals surface area contributed by atoms with Crippen LogP contribution in [-0.2, 0) is 6.54 Å². The molecule has 1 aromatic carbocycles. The smallest absolute Gasteiger partial charge is 0.289 e. The van der Waals surface area contributed by atoms with Crippen LogP contribution in [0.3, 0.4) is 0 Å². The van der Waals surface area contributed by atoms with Gasteiger partial charge in [0.25, 0.3) is 5.91 Å². The number of aromatic nitrogens is 1. The first-order valence-electron chi connectivity index (χ1n) is 8.88. The van der Waals surface area contributed by atoms with Crippen molar-refractivity contribution in [3.8, 4) is 0 Å². The summed E-state index contributed by atoms with van der Waals surface area (Å²) < 4.78 is 5.25. The van der Waals surface area contributed by atoms with Crippen molar-refractivity contribution >= 4 is 17.5 Å². The van der Waals surface area contributed by atoms with Crippen LogP contribution in [0.25, 0.3) is 0 Å². The third-order valence-electron chi connectivity index (χ3n) is 4.56. The highest BCUT2D eigenvalue weighted by atomic mass is 35.5. The third-order valence-corrected chi connectivity index (χ3v) is 4.93. The van der Waals surface area contributed by atoms with Gasteiger partial charge in [-0.05, 0) is 37.4 Å². The zero-order chi connectivity index (χ0) is 17.6. The molecule has 1 aliphatic rings. The van der Waals surface area contributed by atoms with E-state index in [2.05, 4.69) is 21.4 Å². The van der Waals surface area contributed by atoms with Gasteiger partial charge in [0.2, 0.25) is 5.76 Å². The van der Waals surface area contributed by atoms with Crippen molar-refractivity contribution in [2.45, 2.75) is 38.6 Å². The van der Waals surface area contributed by atoms with Crippen molar-refractivity contribution in [1.29, 1.82) is 0 Å². The first kappa shape index (κ1) is 18.0. The maximum atomic E-state index is 12.0. The molecule has 0 bridgehead atoms. The number of benzene rings is 1. The highest BCUT2D eigenvalue weighted by Crippen LogP contribution is 2.28. The fraction of sp³-hybridized carbons (Fsp3) is 0.474. The quantitative estimate of drug-likeness (QED) is 0.849. The zero-order valence-electron chi connectivity index (χ0n) is 14.5. The second kappa shape index (κ2) is 8.50. The summed E-state index contributed by atoms with van der Waals surface area (Å²) in [6.45, 7) is 5.43. The maximum absolute atomic E-state index is 12.0. The van der Waals surface area contributed by atoms with Gasteiger partial charge in [0.05, 0.1) is 5.69 Å². The molecule has 1 amide bonds. The van der Waals surface area contributed by atoms with Gasteiger partial charge in [-0.2, -0.15) is 0 Å². The standard InChI is InChI=1S/C19H24ClN3O2/c1-2-9-21-19(24)18-11-17(22-25-18)15-7-5-10-23(13-15)12-14-6-3-4-8-16(14)20/h3-4,6,8,11,15H,2,5,7,9-10,12-13H2,1H3,(H,21,24)/t15-/m1/s1. The zero-order valence-corrected chi connectivity index (χ0v) is 15.3. The molecule has 6 heteroatoms. The van der Waals surface area contributed by atoms with E-state index in [-0.39, 0.29) is 11.8 Å². The minimum absolute atomic E-state index is 0.190. The molecule has 0 spiro atoms. The fourth-order valence-corrected chi connectivity index (χ4v) is 3.42. The number of amides is 1. The Morgan fingerprint density at radius 2 is 2.28 bits per heavy atom. The number of carbonyl (C=O) groups is 1. The molecule has 2 aromatic rings. The second-order valence-corrected chi connectivity index (χ2v) is 6.94. The van der Waals surface area contributed by atoms with Crippen LogP contribution < -0.4 is 5.32 Å². The van der Waals surface area contributed by atoms with Crippen molar-refractivity contribution in [3.05, 3.63) is 52.4 Å². The van der Waals surface area contributed by atoms with Crippen LogP contribution in [-0.4, -0.2) is 35.6 Å². The van der Waals surface area contributed by atoms with E-state index < -0.39 is 0 Å². The van der Waals surface area contributed by atoms with Crippen molar-refractivity contribution in [2.24, 2.45) is 0 Å². The van der Waals surface area contributed by atoms with Gasteiger partial charge < -0.3 is 9.84 Å². The highest BCUT2D eigenvalue weighted by Gasteiger charge is 2.25. The van der Waals surface area contributed by atoms with Crippen molar-refractivity contribution < 1.29 is 9.32 Å². The summed E-state index contributed by atoms with van der Waals surface area (Å²) in [6, 6.07) is 9.75. The molecule has 0 aliphatic carbocycles. The van der Waals surface area contributed by atoms with Crippen LogP contribution in [0.2, 0.25) is 5.02 Å². The molecule has 3 rings (SSSR count). The number of rotatable bonds is 6. The highest BCUT2D eigenvalue weighted by molar-refractivity contribution is 6.31. The van der Waals surface area contributed by atoms with Gasteiger partial charge in [-0.15, -0.1) is 0 Å². The van der Waals surface area contributed by atoms with Gasteiger partial charge in [0.1, 0.15) is 0 Å². The number of nitrogens with one attached hydrogen (secondary N) is 1. The molecule has 5 nitrogen and oxygen atoms in total. The number of hydrogen-bond donors (Lipinski definition) is 1. The summed E-state index contributed by atoms with van der Waals surface area (Å²) >= 11 is 6.28. The summed E-state index contributed by atoms with van der Waals surface area (Å²) in [4.78, 5) is 14.4. The predicted molar refractivity (Wildman–Crippen MR) is 97.8 cm³/mol. The fourth-order valence-electron chi connectivity index (χ4n) is 3.22. The van der Waals surface area contributed by atoms with Crippen LogP contribution in [0.4, 0.5) is 0 Å². The van der Waals surface area contributed by atoms with E-state index >= 15 is 0 Å². The molecule has 0 radical (unpaired) electrons. The molecule has 1 aromatic heterocycles. The topological polar surface area (TPSA) is 58.4 Å². The van der Waals surface area contributed by atoms with Gasteiger partial charge in [0, 0.05) is 36.6 Å². The lowest BCUT2D eigenvalue weighted by Crippen LogP contribution is -2.34. The Kier molecular flexibility index (Phi) is 6.10. The number of halogens is 1. The van der Waals surface area contributed by atoms with Crippen molar-refractivity contribution in [1.82, 2.24) is 15.4 Å². The van der Waals surface area contributed by atoms with E-state index in [1.807, 2.05) is 25.1 Å². The maximum Gasteiger partial charge on any atom is 0.289 e. The van der Waals surface area contributed by atoms with Gasteiger partial charge in [-0.25, -0.2) is 0 Å². The number of hydrogen-bond acceptors (Lipinski definition) is 4. The van der Waals surface area contributed by atoms with Crippen LogP contribution in [0, 0.1) is 0 Å². The molecular weight excluding hydrogens is 338 g/mol. The Morgan fingerprint density at radius 1 is 1.44 bits per heavy atom.